The third kappa shape index (κ3) is 3.54. The molecule has 1 aromatic carbocycles. The molecule has 3 aromatic rings. The van der Waals surface area contributed by atoms with E-state index in [1.54, 1.807) is 38.1 Å². The molecule has 0 aliphatic carbocycles. The van der Waals surface area contributed by atoms with Crippen molar-refractivity contribution in [1.82, 2.24) is 9.97 Å². The quantitative estimate of drug-likeness (QED) is 0.661. The number of carbonyl (C=O) groups is 2. The SMILES string of the molecule is CCOC(=O)c1ccc(-c2[c]cccc2-c2ccc(C(=O)OCC)[nH]2)[nH]1. The van der Waals surface area contributed by atoms with Gasteiger partial charge in [0.15, 0.2) is 0 Å². The Hall–Kier alpha value is -3.28. The molecule has 3 rings (SSSR count). The van der Waals surface area contributed by atoms with Crippen molar-refractivity contribution >= 4 is 11.9 Å². The molecule has 2 aromatic heterocycles. The van der Waals surface area contributed by atoms with E-state index in [0.29, 0.717) is 24.6 Å². The van der Waals surface area contributed by atoms with E-state index >= 15 is 0 Å². The molecule has 26 heavy (non-hydrogen) atoms. The first-order valence-corrected chi connectivity index (χ1v) is 8.37. The van der Waals surface area contributed by atoms with E-state index < -0.39 is 11.9 Å². The van der Waals surface area contributed by atoms with Crippen molar-refractivity contribution in [2.75, 3.05) is 13.2 Å². The fraction of sp³-hybridized carbons (Fsp3) is 0.200. The predicted molar refractivity (Wildman–Crippen MR) is 96.8 cm³/mol. The van der Waals surface area contributed by atoms with Gasteiger partial charge in [0.25, 0.3) is 0 Å². The lowest BCUT2D eigenvalue weighted by molar-refractivity contribution is 0.0511. The monoisotopic (exact) mass is 351 g/mol. The van der Waals surface area contributed by atoms with Gasteiger partial charge in [0.1, 0.15) is 11.4 Å². The number of rotatable bonds is 6. The Morgan fingerprint density at radius 1 is 0.885 bits per heavy atom. The molecule has 2 heterocycles. The van der Waals surface area contributed by atoms with Crippen LogP contribution in [0.15, 0.2) is 42.5 Å². The van der Waals surface area contributed by atoms with Gasteiger partial charge in [-0.3, -0.25) is 0 Å². The van der Waals surface area contributed by atoms with Crippen LogP contribution in [0, 0.1) is 6.07 Å². The minimum atomic E-state index is -0.402. The molecule has 0 unspecified atom stereocenters. The van der Waals surface area contributed by atoms with Crippen molar-refractivity contribution in [3.05, 3.63) is 59.9 Å². The second-order valence-electron chi connectivity index (χ2n) is 5.47. The Labute approximate surface area is 151 Å². The van der Waals surface area contributed by atoms with E-state index in [4.69, 9.17) is 9.47 Å². The maximum atomic E-state index is 11.9. The van der Waals surface area contributed by atoms with Crippen molar-refractivity contribution < 1.29 is 19.1 Å². The lowest BCUT2D eigenvalue weighted by atomic mass is 10.0. The van der Waals surface area contributed by atoms with Gasteiger partial charge in [0.05, 0.1) is 13.2 Å². The Kier molecular flexibility index (Phi) is 5.22. The molecule has 0 aliphatic rings. The highest BCUT2D eigenvalue weighted by atomic mass is 16.5. The van der Waals surface area contributed by atoms with Gasteiger partial charge < -0.3 is 19.4 Å². The van der Waals surface area contributed by atoms with Gasteiger partial charge in [-0.15, -0.1) is 0 Å². The minimum absolute atomic E-state index is 0.314. The number of carbonyl (C=O) groups excluding carboxylic acids is 2. The largest absolute Gasteiger partial charge is 0.461 e. The zero-order valence-corrected chi connectivity index (χ0v) is 14.6. The van der Waals surface area contributed by atoms with Crippen LogP contribution >= 0.6 is 0 Å². The molecule has 1 radical (unpaired) electrons. The van der Waals surface area contributed by atoms with Crippen LogP contribution in [0.3, 0.4) is 0 Å². The maximum absolute atomic E-state index is 11.9. The number of H-pyrrole nitrogens is 2. The molecule has 0 spiro atoms. The molecule has 0 saturated carbocycles. The number of benzene rings is 1. The summed E-state index contributed by atoms with van der Waals surface area (Å²) in [4.78, 5) is 29.9. The fourth-order valence-corrected chi connectivity index (χ4v) is 2.63. The number of esters is 2. The molecule has 6 nitrogen and oxygen atoms in total. The van der Waals surface area contributed by atoms with Crippen LogP contribution < -0.4 is 0 Å². The average molecular weight is 351 g/mol. The van der Waals surface area contributed by atoms with Gasteiger partial charge in [-0.2, -0.15) is 0 Å². The molecule has 2 N–H and O–H groups in total. The third-order valence-corrected chi connectivity index (χ3v) is 3.78. The van der Waals surface area contributed by atoms with Crippen LogP contribution in [0.25, 0.3) is 22.5 Å². The standard InChI is InChI=1S/C20H19N2O4/c1-3-25-19(23)17-11-9-15(21-17)13-7-5-6-8-14(13)16-10-12-18(22-16)20(24)26-4-2/h5-7,9-12,21-22H,3-4H2,1-2H3. The molecule has 0 saturated heterocycles. The molecule has 0 amide bonds. The van der Waals surface area contributed by atoms with E-state index in [0.717, 1.165) is 22.5 Å². The van der Waals surface area contributed by atoms with Crippen molar-refractivity contribution in [2.45, 2.75) is 13.8 Å². The number of aromatic amines is 2. The molecule has 6 heteroatoms. The minimum Gasteiger partial charge on any atom is -0.461 e. The van der Waals surface area contributed by atoms with Gasteiger partial charge in [-0.1, -0.05) is 18.2 Å². The van der Waals surface area contributed by atoms with Crippen LogP contribution in [0.2, 0.25) is 0 Å². The number of ether oxygens (including phenoxy) is 2. The maximum Gasteiger partial charge on any atom is 0.354 e. The van der Waals surface area contributed by atoms with Crippen LogP contribution in [0.1, 0.15) is 34.8 Å². The molecular weight excluding hydrogens is 332 g/mol. The summed E-state index contributed by atoms with van der Waals surface area (Å²) < 4.78 is 10.0. The first kappa shape index (κ1) is 17.5. The average Bonchev–Trinajstić information content (AvgIpc) is 3.32. The fourth-order valence-electron chi connectivity index (χ4n) is 2.63. The van der Waals surface area contributed by atoms with Crippen LogP contribution in [-0.4, -0.2) is 35.1 Å². The second-order valence-corrected chi connectivity index (χ2v) is 5.47. The zero-order valence-electron chi connectivity index (χ0n) is 14.6. The van der Waals surface area contributed by atoms with Gasteiger partial charge in [-0.05, 0) is 44.2 Å². The highest BCUT2D eigenvalue weighted by Gasteiger charge is 2.15. The second kappa shape index (κ2) is 7.74. The predicted octanol–water partition coefficient (Wildman–Crippen LogP) is 3.83. The topological polar surface area (TPSA) is 84.2 Å². The highest BCUT2D eigenvalue weighted by Crippen LogP contribution is 2.30. The first-order chi connectivity index (χ1) is 12.6. The number of nitrogens with one attached hydrogen (secondary N) is 2. The summed E-state index contributed by atoms with van der Waals surface area (Å²) in [6, 6.07) is 15.7. The molecule has 0 bridgehead atoms. The molecule has 133 valence electrons. The number of aromatic nitrogens is 2. The van der Waals surface area contributed by atoms with Crippen molar-refractivity contribution in [1.29, 1.82) is 0 Å². The lowest BCUT2D eigenvalue weighted by Crippen LogP contribution is -2.05. The van der Waals surface area contributed by atoms with E-state index in [-0.39, 0.29) is 0 Å². The normalized spacial score (nSPS) is 10.5. The Morgan fingerprint density at radius 2 is 1.46 bits per heavy atom. The number of hydrogen-bond acceptors (Lipinski definition) is 4. The molecular formula is C20H19N2O4. The number of hydrogen-bond donors (Lipinski definition) is 2. The van der Waals surface area contributed by atoms with Crippen molar-refractivity contribution in [2.24, 2.45) is 0 Å². The first-order valence-electron chi connectivity index (χ1n) is 8.37. The molecule has 0 atom stereocenters. The van der Waals surface area contributed by atoms with Gasteiger partial charge >= 0.3 is 11.9 Å². The van der Waals surface area contributed by atoms with E-state index in [2.05, 4.69) is 16.0 Å². The summed E-state index contributed by atoms with van der Waals surface area (Å²) in [5.74, 6) is -0.801. The summed E-state index contributed by atoms with van der Waals surface area (Å²) in [6.07, 6.45) is 0. The van der Waals surface area contributed by atoms with Crippen molar-refractivity contribution in [3.63, 3.8) is 0 Å². The highest BCUT2D eigenvalue weighted by molar-refractivity contribution is 5.91. The van der Waals surface area contributed by atoms with E-state index in [1.807, 2.05) is 18.2 Å². The Balaban J connectivity index is 1.94. The van der Waals surface area contributed by atoms with Gasteiger partial charge in [0, 0.05) is 22.5 Å². The van der Waals surface area contributed by atoms with Crippen LogP contribution in [0.5, 0.6) is 0 Å². The van der Waals surface area contributed by atoms with Crippen LogP contribution in [-0.2, 0) is 9.47 Å². The molecule has 0 aliphatic heterocycles. The smallest absolute Gasteiger partial charge is 0.354 e. The van der Waals surface area contributed by atoms with Gasteiger partial charge in [-0.25, -0.2) is 9.59 Å². The third-order valence-electron chi connectivity index (χ3n) is 3.78. The van der Waals surface area contributed by atoms with Crippen LogP contribution in [0.4, 0.5) is 0 Å². The molecule has 0 fully saturated rings. The summed E-state index contributed by atoms with van der Waals surface area (Å²) >= 11 is 0. The zero-order chi connectivity index (χ0) is 18.5. The lowest BCUT2D eigenvalue weighted by Gasteiger charge is -2.06. The van der Waals surface area contributed by atoms with E-state index in [1.165, 1.54) is 0 Å². The Morgan fingerprint density at radius 3 is 2.08 bits per heavy atom. The summed E-state index contributed by atoms with van der Waals surface area (Å²) in [6.45, 7) is 4.15. The van der Waals surface area contributed by atoms with E-state index in [9.17, 15) is 9.59 Å². The summed E-state index contributed by atoms with van der Waals surface area (Å²) in [7, 11) is 0. The Bertz CT molecular complexity index is 848. The van der Waals surface area contributed by atoms with Gasteiger partial charge in [0.2, 0.25) is 0 Å². The summed E-state index contributed by atoms with van der Waals surface area (Å²) in [5, 5.41) is 0. The van der Waals surface area contributed by atoms with Crippen molar-refractivity contribution in [3.8, 4) is 22.5 Å². The summed E-state index contributed by atoms with van der Waals surface area (Å²) in [5.41, 5.74) is 3.88.